The third-order valence-corrected chi connectivity index (χ3v) is 4.10. The van der Waals surface area contributed by atoms with Crippen molar-refractivity contribution in [2.45, 2.75) is 19.9 Å². The molecule has 122 valence electrons. The average Bonchev–Trinajstić information content (AvgIpc) is 2.91. The molecular weight excluding hydrogens is 312 g/mol. The van der Waals surface area contributed by atoms with Crippen LogP contribution in [0.2, 0.25) is 0 Å². The van der Waals surface area contributed by atoms with Gasteiger partial charge in [-0.2, -0.15) is 0 Å². The van der Waals surface area contributed by atoms with E-state index < -0.39 is 0 Å². The fraction of sp³-hybridized carbons (Fsp3) is 0.312. The smallest absolute Gasteiger partial charge is 0.293 e. The maximum absolute atomic E-state index is 11.8. The summed E-state index contributed by atoms with van der Waals surface area (Å²) in [5.74, 6) is -0.490. The van der Waals surface area contributed by atoms with Gasteiger partial charge in [0.2, 0.25) is 5.91 Å². The van der Waals surface area contributed by atoms with Crippen molar-refractivity contribution in [3.63, 3.8) is 0 Å². The molecule has 0 saturated heterocycles. The molecule has 0 aliphatic rings. The normalized spacial score (nSPS) is 11.7. The molecule has 6 nitrogen and oxygen atoms in total. The van der Waals surface area contributed by atoms with Crippen LogP contribution in [0.3, 0.4) is 0 Å². The van der Waals surface area contributed by atoms with Crippen LogP contribution in [-0.4, -0.2) is 30.4 Å². The minimum atomic E-state index is -0.270. The molecule has 7 heteroatoms. The fourth-order valence-electron chi connectivity index (χ4n) is 2.13. The first-order chi connectivity index (χ1) is 11.0. The number of aryl methyl sites for hydroxylation is 1. The number of likely N-dealkylation sites (N-methyl/N-ethyl adjacent to an activating group) is 1. The second-order valence-electron chi connectivity index (χ2n) is 5.45. The Labute approximate surface area is 139 Å². The zero-order valence-electron chi connectivity index (χ0n) is 13.3. The van der Waals surface area contributed by atoms with Crippen molar-refractivity contribution in [3.8, 4) is 0 Å². The van der Waals surface area contributed by atoms with Crippen LogP contribution in [0.4, 0.5) is 0 Å². The minimum Gasteiger partial charge on any atom is -0.326 e. The molecular formula is C16H21N4O2S+. The maximum Gasteiger partial charge on any atom is 0.293 e. The highest BCUT2D eigenvalue weighted by Crippen LogP contribution is 2.08. The quantitative estimate of drug-likeness (QED) is 0.644. The second-order valence-corrected chi connectivity index (χ2v) is 6.39. The van der Waals surface area contributed by atoms with Gasteiger partial charge in [-0.1, -0.05) is 30.3 Å². The van der Waals surface area contributed by atoms with Gasteiger partial charge in [-0.05, 0) is 6.92 Å². The molecule has 1 aromatic heterocycles. The summed E-state index contributed by atoms with van der Waals surface area (Å²) in [7, 11) is 1.94. The fourth-order valence-corrected chi connectivity index (χ4v) is 2.90. The average molecular weight is 333 g/mol. The van der Waals surface area contributed by atoms with Crippen LogP contribution >= 0.6 is 11.3 Å². The van der Waals surface area contributed by atoms with Crippen molar-refractivity contribution >= 4 is 23.2 Å². The third-order valence-electron chi connectivity index (χ3n) is 3.13. The van der Waals surface area contributed by atoms with E-state index in [0.717, 1.165) is 22.1 Å². The number of hydrazine groups is 1. The van der Waals surface area contributed by atoms with Gasteiger partial charge in [0.05, 0.1) is 13.5 Å². The molecule has 0 radical (unpaired) electrons. The summed E-state index contributed by atoms with van der Waals surface area (Å²) in [4.78, 5) is 28.8. The number of aromatic nitrogens is 1. The van der Waals surface area contributed by atoms with Gasteiger partial charge in [0.25, 0.3) is 5.91 Å². The summed E-state index contributed by atoms with van der Waals surface area (Å²) in [5.41, 5.74) is 6.93. The SMILES string of the molecule is Cc1csc(CC(=O)NNC(=O)C[NH+](C)Cc2ccccc2)n1. The first-order valence-corrected chi connectivity index (χ1v) is 8.25. The number of amides is 2. The number of nitrogens with one attached hydrogen (secondary N) is 3. The predicted octanol–water partition coefficient (Wildman–Crippen LogP) is -0.144. The van der Waals surface area contributed by atoms with Crippen LogP contribution in [0.15, 0.2) is 35.7 Å². The Kier molecular flexibility index (Phi) is 6.25. The van der Waals surface area contributed by atoms with E-state index in [0.29, 0.717) is 0 Å². The molecule has 0 spiro atoms. The first kappa shape index (κ1) is 17.1. The van der Waals surface area contributed by atoms with Gasteiger partial charge >= 0.3 is 0 Å². The summed E-state index contributed by atoms with van der Waals surface area (Å²) < 4.78 is 0. The molecule has 2 aromatic rings. The number of hydrogen-bond acceptors (Lipinski definition) is 4. The van der Waals surface area contributed by atoms with E-state index in [-0.39, 0.29) is 24.8 Å². The predicted molar refractivity (Wildman–Crippen MR) is 88.7 cm³/mol. The lowest BCUT2D eigenvalue weighted by Crippen LogP contribution is -3.09. The molecule has 3 N–H and O–H groups in total. The number of hydrogen-bond donors (Lipinski definition) is 3. The number of carbonyl (C=O) groups is 2. The Morgan fingerprint density at radius 1 is 1.17 bits per heavy atom. The summed E-state index contributed by atoms with van der Waals surface area (Å²) in [6.07, 6.45) is 0.172. The van der Waals surface area contributed by atoms with Crippen molar-refractivity contribution < 1.29 is 14.5 Å². The van der Waals surface area contributed by atoms with E-state index in [1.807, 2.05) is 49.7 Å². The number of nitrogens with zero attached hydrogens (tertiary/aromatic N) is 1. The Morgan fingerprint density at radius 3 is 2.52 bits per heavy atom. The van der Waals surface area contributed by atoms with Crippen molar-refractivity contribution in [2.75, 3.05) is 13.6 Å². The van der Waals surface area contributed by atoms with E-state index in [9.17, 15) is 9.59 Å². The lowest BCUT2D eigenvalue weighted by Gasteiger charge is -2.14. The molecule has 0 fully saturated rings. The third kappa shape index (κ3) is 6.17. The maximum atomic E-state index is 11.8. The molecule has 0 bridgehead atoms. The van der Waals surface area contributed by atoms with Gasteiger partial charge in [-0.25, -0.2) is 4.98 Å². The summed E-state index contributed by atoms with van der Waals surface area (Å²) in [5, 5.41) is 2.63. The van der Waals surface area contributed by atoms with Crippen LogP contribution in [-0.2, 0) is 22.6 Å². The van der Waals surface area contributed by atoms with E-state index in [1.165, 1.54) is 16.9 Å². The minimum absolute atomic E-state index is 0.172. The molecule has 1 aromatic carbocycles. The van der Waals surface area contributed by atoms with E-state index >= 15 is 0 Å². The first-order valence-electron chi connectivity index (χ1n) is 7.37. The molecule has 1 atom stereocenters. The number of benzene rings is 1. The van der Waals surface area contributed by atoms with Crippen LogP contribution in [0.25, 0.3) is 0 Å². The molecule has 0 aliphatic heterocycles. The highest BCUT2D eigenvalue weighted by Gasteiger charge is 2.12. The molecule has 2 rings (SSSR count). The topological polar surface area (TPSA) is 75.5 Å². The standard InChI is InChI=1S/C16H20N4O2S/c1-12-11-23-16(17-12)8-14(21)18-19-15(22)10-20(2)9-13-6-4-3-5-7-13/h3-7,11H,8-10H2,1-2H3,(H,18,21)(H,19,22)/p+1. The van der Waals surface area contributed by atoms with Gasteiger partial charge in [-0.15, -0.1) is 11.3 Å². The Bertz CT molecular complexity index is 657. The lowest BCUT2D eigenvalue weighted by molar-refractivity contribution is -0.885. The van der Waals surface area contributed by atoms with Crippen LogP contribution < -0.4 is 15.8 Å². The van der Waals surface area contributed by atoms with Crippen LogP contribution in [0, 0.1) is 6.92 Å². The molecule has 2 amide bonds. The van der Waals surface area contributed by atoms with Gasteiger partial charge in [-0.3, -0.25) is 20.4 Å². The number of quaternary nitrogens is 1. The zero-order chi connectivity index (χ0) is 16.7. The van der Waals surface area contributed by atoms with Gasteiger partial charge in [0, 0.05) is 16.6 Å². The largest absolute Gasteiger partial charge is 0.326 e. The molecule has 1 heterocycles. The molecule has 0 aliphatic carbocycles. The van der Waals surface area contributed by atoms with Gasteiger partial charge < -0.3 is 4.90 Å². The summed E-state index contributed by atoms with van der Waals surface area (Å²) >= 11 is 1.44. The van der Waals surface area contributed by atoms with E-state index in [4.69, 9.17) is 0 Å². The summed E-state index contributed by atoms with van der Waals surface area (Å²) in [6.45, 7) is 2.91. The number of carbonyl (C=O) groups excluding carboxylic acids is 2. The highest BCUT2D eigenvalue weighted by atomic mass is 32.1. The van der Waals surface area contributed by atoms with Crippen molar-refractivity contribution in [2.24, 2.45) is 0 Å². The van der Waals surface area contributed by atoms with Crippen molar-refractivity contribution in [3.05, 3.63) is 52.0 Å². The van der Waals surface area contributed by atoms with Crippen LogP contribution in [0.1, 0.15) is 16.3 Å². The van der Waals surface area contributed by atoms with E-state index in [1.54, 1.807) is 0 Å². The monoisotopic (exact) mass is 333 g/mol. The summed E-state index contributed by atoms with van der Waals surface area (Å²) in [6, 6.07) is 9.97. The van der Waals surface area contributed by atoms with Crippen molar-refractivity contribution in [1.82, 2.24) is 15.8 Å². The van der Waals surface area contributed by atoms with Gasteiger partial charge in [0.15, 0.2) is 6.54 Å². The zero-order valence-corrected chi connectivity index (χ0v) is 14.1. The second kappa shape index (κ2) is 8.40. The van der Waals surface area contributed by atoms with E-state index in [2.05, 4.69) is 15.8 Å². The molecule has 1 unspecified atom stereocenters. The van der Waals surface area contributed by atoms with Crippen LogP contribution in [0.5, 0.6) is 0 Å². The molecule has 0 saturated carbocycles. The lowest BCUT2D eigenvalue weighted by atomic mass is 10.2. The highest BCUT2D eigenvalue weighted by molar-refractivity contribution is 7.09. The molecule has 23 heavy (non-hydrogen) atoms. The number of rotatable bonds is 6. The van der Waals surface area contributed by atoms with Crippen molar-refractivity contribution in [1.29, 1.82) is 0 Å². The van der Waals surface area contributed by atoms with Gasteiger partial charge in [0.1, 0.15) is 11.6 Å². The Morgan fingerprint density at radius 2 is 1.87 bits per heavy atom. The Hall–Kier alpha value is -2.25. The number of thiazole rings is 1. The Balaban J connectivity index is 1.69.